The molecule has 0 amide bonds. The summed E-state index contributed by atoms with van der Waals surface area (Å²) in [7, 11) is -2.49. The highest BCUT2D eigenvalue weighted by molar-refractivity contribution is 7.92. The lowest BCUT2D eigenvalue weighted by Crippen LogP contribution is -2.16. The molecule has 0 radical (unpaired) electrons. The predicted octanol–water partition coefficient (Wildman–Crippen LogP) is 1.06. The molecule has 0 bridgehead atoms. The summed E-state index contributed by atoms with van der Waals surface area (Å²) in [5, 5.41) is 12.6. The largest absolute Gasteiger partial charge is 0.478 e. The van der Waals surface area contributed by atoms with Crippen molar-refractivity contribution in [3.63, 3.8) is 0 Å². The molecule has 1 heterocycles. The van der Waals surface area contributed by atoms with Crippen molar-refractivity contribution in [3.05, 3.63) is 41.8 Å². The minimum Gasteiger partial charge on any atom is -0.478 e. The lowest BCUT2D eigenvalue weighted by molar-refractivity contribution is 0.0691. The zero-order valence-electron chi connectivity index (χ0n) is 10.2. The molecule has 0 saturated heterocycles. The quantitative estimate of drug-likeness (QED) is 0.879. The Morgan fingerprint density at radius 1 is 1.40 bits per heavy atom. The summed E-state index contributed by atoms with van der Waals surface area (Å²) >= 11 is 0. The lowest BCUT2D eigenvalue weighted by Gasteiger charge is -2.08. The van der Waals surface area contributed by atoms with Gasteiger partial charge in [-0.2, -0.15) is 5.10 Å². The van der Waals surface area contributed by atoms with E-state index in [0.29, 0.717) is 0 Å². The van der Waals surface area contributed by atoms with Crippen LogP contribution in [0.2, 0.25) is 0 Å². The van der Waals surface area contributed by atoms with E-state index < -0.39 is 27.4 Å². The number of halogens is 1. The highest BCUT2D eigenvalue weighted by Gasteiger charge is 2.20. The van der Waals surface area contributed by atoms with E-state index in [0.717, 1.165) is 18.2 Å². The maximum absolute atomic E-state index is 13.2. The summed E-state index contributed by atoms with van der Waals surface area (Å²) in [6.07, 6.45) is 1.39. The Balaban J connectivity index is 2.42. The van der Waals surface area contributed by atoms with Crippen LogP contribution < -0.4 is 4.72 Å². The fourth-order valence-corrected chi connectivity index (χ4v) is 2.62. The zero-order valence-corrected chi connectivity index (χ0v) is 11.1. The minimum atomic E-state index is -4.02. The summed E-state index contributed by atoms with van der Waals surface area (Å²) < 4.78 is 40.9. The van der Waals surface area contributed by atoms with Crippen LogP contribution >= 0.6 is 0 Å². The predicted molar refractivity (Wildman–Crippen MR) is 67.4 cm³/mol. The van der Waals surface area contributed by atoms with Crippen molar-refractivity contribution in [1.82, 2.24) is 9.78 Å². The smallest absolute Gasteiger partial charge is 0.338 e. The molecule has 0 aliphatic rings. The van der Waals surface area contributed by atoms with E-state index in [1.807, 2.05) is 0 Å². The van der Waals surface area contributed by atoms with Crippen molar-refractivity contribution in [3.8, 4) is 0 Å². The molecule has 2 N–H and O–H groups in total. The molecule has 0 aliphatic carbocycles. The first-order valence-corrected chi connectivity index (χ1v) is 6.83. The minimum absolute atomic E-state index is 0.200. The van der Waals surface area contributed by atoms with E-state index in [1.54, 1.807) is 0 Å². The Morgan fingerprint density at radius 3 is 2.65 bits per heavy atom. The fourth-order valence-electron chi connectivity index (χ4n) is 1.51. The molecule has 106 valence electrons. The van der Waals surface area contributed by atoms with Crippen LogP contribution in [0.5, 0.6) is 0 Å². The van der Waals surface area contributed by atoms with Gasteiger partial charge in [-0.05, 0) is 18.2 Å². The number of aromatic nitrogens is 2. The second-order valence-corrected chi connectivity index (χ2v) is 5.57. The normalized spacial score (nSPS) is 11.3. The molecule has 0 spiro atoms. The van der Waals surface area contributed by atoms with Gasteiger partial charge in [0.15, 0.2) is 0 Å². The zero-order chi connectivity index (χ0) is 14.9. The summed E-state index contributed by atoms with van der Waals surface area (Å²) in [4.78, 5) is 10.5. The van der Waals surface area contributed by atoms with Crippen LogP contribution in [0.4, 0.5) is 10.2 Å². The average molecular weight is 299 g/mol. The van der Waals surface area contributed by atoms with Gasteiger partial charge < -0.3 is 5.11 Å². The number of nitrogens with one attached hydrogen (secondary N) is 1. The van der Waals surface area contributed by atoms with Gasteiger partial charge in [0, 0.05) is 13.1 Å². The first kappa shape index (κ1) is 14.0. The number of benzene rings is 1. The molecule has 2 aromatic rings. The van der Waals surface area contributed by atoms with E-state index in [2.05, 4.69) is 9.82 Å². The number of sulfonamides is 1. The molecule has 1 aromatic carbocycles. The van der Waals surface area contributed by atoms with Crippen molar-refractivity contribution >= 4 is 21.8 Å². The van der Waals surface area contributed by atoms with Gasteiger partial charge in [-0.15, -0.1) is 0 Å². The molecule has 0 unspecified atom stereocenters. The second-order valence-electron chi connectivity index (χ2n) is 3.89. The molecule has 7 nitrogen and oxygen atoms in total. The van der Waals surface area contributed by atoms with Gasteiger partial charge in [0.2, 0.25) is 0 Å². The number of aryl methyl sites for hydroxylation is 1. The van der Waals surface area contributed by atoms with Gasteiger partial charge in [-0.25, -0.2) is 17.6 Å². The lowest BCUT2D eigenvalue weighted by atomic mass is 10.2. The van der Waals surface area contributed by atoms with Crippen molar-refractivity contribution in [2.75, 3.05) is 4.72 Å². The van der Waals surface area contributed by atoms with Crippen LogP contribution in [-0.2, 0) is 17.1 Å². The van der Waals surface area contributed by atoms with Crippen LogP contribution in [0.25, 0.3) is 0 Å². The molecule has 0 atom stereocenters. The summed E-state index contributed by atoms with van der Waals surface area (Å²) in [6, 6.07) is 3.97. The van der Waals surface area contributed by atoms with Crippen molar-refractivity contribution in [2.24, 2.45) is 7.05 Å². The number of nitrogens with zero attached hydrogens (tertiary/aromatic N) is 2. The molecule has 9 heteroatoms. The number of carbonyl (C=O) groups is 1. The number of rotatable bonds is 4. The maximum atomic E-state index is 13.2. The maximum Gasteiger partial charge on any atom is 0.338 e. The van der Waals surface area contributed by atoms with Gasteiger partial charge >= 0.3 is 5.97 Å². The Hall–Kier alpha value is -2.42. The number of hydrogen-bond acceptors (Lipinski definition) is 4. The van der Waals surface area contributed by atoms with Gasteiger partial charge in [-0.1, -0.05) is 0 Å². The fraction of sp³-hybridized carbons (Fsp3) is 0.0909. The van der Waals surface area contributed by atoms with Crippen LogP contribution in [0.3, 0.4) is 0 Å². The van der Waals surface area contributed by atoms with E-state index in [-0.39, 0.29) is 10.7 Å². The van der Waals surface area contributed by atoms with Crippen molar-refractivity contribution in [1.29, 1.82) is 0 Å². The summed E-state index contributed by atoms with van der Waals surface area (Å²) in [5.74, 6) is -2.34. The van der Waals surface area contributed by atoms with Crippen molar-refractivity contribution < 1.29 is 22.7 Å². The average Bonchev–Trinajstić information content (AvgIpc) is 2.74. The Kier molecular flexibility index (Phi) is 3.45. The van der Waals surface area contributed by atoms with Crippen LogP contribution in [0.1, 0.15) is 10.4 Å². The summed E-state index contributed by atoms with van der Waals surface area (Å²) in [5.41, 5.74) is -0.710. The van der Waals surface area contributed by atoms with E-state index in [1.165, 1.54) is 24.0 Å². The number of carboxylic acid groups (broad SMARTS) is 1. The standard InChI is InChI=1S/C11H10FN3O4S/c1-15-10(4-5-13-15)14-20(18,19)7-2-3-9(12)8(6-7)11(16)17/h2-6,14H,1H3,(H,16,17). The van der Waals surface area contributed by atoms with E-state index in [9.17, 15) is 17.6 Å². The van der Waals surface area contributed by atoms with Gasteiger partial charge in [-0.3, -0.25) is 9.40 Å². The van der Waals surface area contributed by atoms with Crippen LogP contribution in [0.15, 0.2) is 35.4 Å². The van der Waals surface area contributed by atoms with Crippen LogP contribution in [-0.4, -0.2) is 29.3 Å². The van der Waals surface area contributed by atoms with E-state index in [4.69, 9.17) is 5.11 Å². The highest BCUT2D eigenvalue weighted by atomic mass is 32.2. The summed E-state index contributed by atoms with van der Waals surface area (Å²) in [6.45, 7) is 0. The number of aromatic carboxylic acids is 1. The van der Waals surface area contributed by atoms with Gasteiger partial charge in [0.25, 0.3) is 10.0 Å². The van der Waals surface area contributed by atoms with Gasteiger partial charge in [0.05, 0.1) is 16.7 Å². The Morgan fingerprint density at radius 2 is 2.10 bits per heavy atom. The van der Waals surface area contributed by atoms with E-state index >= 15 is 0 Å². The highest BCUT2D eigenvalue weighted by Crippen LogP contribution is 2.18. The molecular weight excluding hydrogens is 289 g/mol. The first-order chi connectivity index (χ1) is 9.31. The molecule has 2 rings (SSSR count). The third-order valence-corrected chi connectivity index (χ3v) is 3.89. The topological polar surface area (TPSA) is 101 Å². The monoisotopic (exact) mass is 299 g/mol. The second kappa shape index (κ2) is 4.93. The number of carboxylic acids is 1. The first-order valence-electron chi connectivity index (χ1n) is 5.35. The third-order valence-electron chi connectivity index (χ3n) is 2.54. The van der Waals surface area contributed by atoms with Gasteiger partial charge in [0.1, 0.15) is 11.6 Å². The number of hydrogen-bond donors (Lipinski definition) is 2. The molecule has 0 fully saturated rings. The SMILES string of the molecule is Cn1nccc1NS(=O)(=O)c1ccc(F)c(C(=O)O)c1. The molecule has 1 aromatic heterocycles. The molecule has 20 heavy (non-hydrogen) atoms. The third kappa shape index (κ3) is 2.62. The molecule has 0 aliphatic heterocycles. The number of anilines is 1. The van der Waals surface area contributed by atoms with Crippen molar-refractivity contribution in [2.45, 2.75) is 4.90 Å². The Labute approximate surface area is 113 Å². The molecular formula is C11H10FN3O4S. The molecule has 0 saturated carbocycles. The van der Waals surface area contributed by atoms with Crippen LogP contribution in [0, 0.1) is 5.82 Å². The Bertz CT molecular complexity index is 770.